The summed E-state index contributed by atoms with van der Waals surface area (Å²) in [5.74, 6) is 0. The van der Waals surface area contributed by atoms with Crippen LogP contribution in [0.5, 0.6) is 0 Å². The van der Waals surface area contributed by atoms with Crippen molar-refractivity contribution in [1.29, 1.82) is 0 Å². The van der Waals surface area contributed by atoms with Crippen molar-refractivity contribution in [2.45, 2.75) is 24.7 Å². The van der Waals surface area contributed by atoms with E-state index in [1.807, 2.05) is 0 Å². The molecule has 0 aliphatic rings. The highest BCUT2D eigenvalue weighted by Crippen LogP contribution is 2.55. The molecule has 0 saturated carbocycles. The molecule has 0 bridgehead atoms. The van der Waals surface area contributed by atoms with Crippen LogP contribution >= 0.6 is 7.60 Å². The predicted molar refractivity (Wildman–Crippen MR) is 96.2 cm³/mol. The van der Waals surface area contributed by atoms with Gasteiger partial charge in [0.05, 0.1) is 22.2 Å². The Bertz CT molecular complexity index is 1300. The van der Waals surface area contributed by atoms with Crippen molar-refractivity contribution >= 4 is 29.7 Å². The largest absolute Gasteiger partial charge is 0.418 e. The van der Waals surface area contributed by atoms with Crippen LogP contribution in [0.3, 0.4) is 0 Å². The number of rotatable bonds is 3. The lowest BCUT2D eigenvalue weighted by Crippen LogP contribution is -2.39. The van der Waals surface area contributed by atoms with Gasteiger partial charge in [0.15, 0.2) is 0 Å². The van der Waals surface area contributed by atoms with Gasteiger partial charge < -0.3 is 9.79 Å². The molecular formula is C16H11F6N6O3P. The zero-order chi connectivity index (χ0) is 23.7. The quantitative estimate of drug-likeness (QED) is 0.340. The lowest BCUT2D eigenvalue weighted by Gasteiger charge is -2.31. The lowest BCUT2D eigenvalue weighted by atomic mass is 10.1. The maximum absolute atomic E-state index is 13.3. The number of fused-ring (bicyclic) bond motifs is 2. The Morgan fingerprint density at radius 1 is 0.781 bits per heavy atom. The number of nitrogens with zero attached hydrogens (tertiary/aromatic N) is 6. The molecule has 170 valence electrons. The van der Waals surface area contributed by atoms with E-state index in [4.69, 9.17) is 0 Å². The van der Waals surface area contributed by atoms with Crippen molar-refractivity contribution in [3.05, 3.63) is 47.5 Å². The molecule has 0 spiro atoms. The van der Waals surface area contributed by atoms with Crippen molar-refractivity contribution in [3.8, 4) is 0 Å². The number of benzene rings is 2. The standard InChI is InChI=1S/C16H11F6N6O3P/c1-14(32(29,30)31,27-10-6-2-4-8(15(17,18)19)12(10)23-25-27)28-11-7-3-5-9(16(20,21)22)13(11)24-26-28/h2-7H,1H3,(H2,29,30,31). The van der Waals surface area contributed by atoms with Gasteiger partial charge in [0.2, 0.25) is 0 Å². The van der Waals surface area contributed by atoms with Crippen LogP contribution in [0.2, 0.25) is 0 Å². The van der Waals surface area contributed by atoms with Crippen LogP contribution in [0.25, 0.3) is 22.1 Å². The van der Waals surface area contributed by atoms with Gasteiger partial charge in [-0.1, -0.05) is 22.6 Å². The van der Waals surface area contributed by atoms with E-state index in [-0.39, 0.29) is 0 Å². The second kappa shape index (κ2) is 6.73. The van der Waals surface area contributed by atoms with E-state index in [2.05, 4.69) is 20.6 Å². The van der Waals surface area contributed by atoms with Crippen molar-refractivity contribution in [2.24, 2.45) is 0 Å². The van der Waals surface area contributed by atoms with Gasteiger partial charge in [0, 0.05) is 0 Å². The Morgan fingerprint density at radius 3 is 1.47 bits per heavy atom. The molecule has 0 aliphatic carbocycles. The van der Waals surface area contributed by atoms with E-state index in [0.717, 1.165) is 31.2 Å². The van der Waals surface area contributed by atoms with E-state index >= 15 is 0 Å². The summed E-state index contributed by atoms with van der Waals surface area (Å²) in [5, 5.41) is 11.1. The van der Waals surface area contributed by atoms with Gasteiger partial charge in [-0.2, -0.15) is 26.3 Å². The van der Waals surface area contributed by atoms with Gasteiger partial charge in [-0.05, 0) is 31.2 Å². The monoisotopic (exact) mass is 480 g/mol. The van der Waals surface area contributed by atoms with Gasteiger partial charge in [-0.25, -0.2) is 9.36 Å². The summed E-state index contributed by atoms with van der Waals surface area (Å²) in [7, 11) is -5.43. The zero-order valence-corrected chi connectivity index (χ0v) is 16.6. The molecule has 16 heteroatoms. The number of aromatic nitrogens is 6. The van der Waals surface area contributed by atoms with Crippen LogP contribution in [0.4, 0.5) is 26.3 Å². The molecule has 2 aromatic carbocycles. The molecule has 0 aliphatic heterocycles. The Kier molecular flexibility index (Phi) is 4.67. The van der Waals surface area contributed by atoms with Gasteiger partial charge >= 0.3 is 19.9 Å². The van der Waals surface area contributed by atoms with Crippen molar-refractivity contribution in [3.63, 3.8) is 0 Å². The first kappa shape index (κ1) is 22.2. The fourth-order valence-electron chi connectivity index (χ4n) is 3.31. The summed E-state index contributed by atoms with van der Waals surface area (Å²) in [6.45, 7) is 0.858. The van der Waals surface area contributed by atoms with E-state index in [0.29, 0.717) is 21.5 Å². The summed E-state index contributed by atoms with van der Waals surface area (Å²) in [4.78, 5) is 20.3. The molecule has 32 heavy (non-hydrogen) atoms. The third-order valence-corrected chi connectivity index (χ3v) is 6.40. The first-order valence-corrected chi connectivity index (χ1v) is 10.2. The maximum atomic E-state index is 13.3. The van der Waals surface area contributed by atoms with Crippen LogP contribution in [0.1, 0.15) is 18.1 Å². The smallest absolute Gasteiger partial charge is 0.321 e. The SMILES string of the molecule is CC(n1nnc2c(C(F)(F)F)cccc21)(n1nnc2c(C(F)(F)F)cccc21)P(=O)(O)O. The first-order valence-electron chi connectivity index (χ1n) is 8.57. The summed E-state index contributed by atoms with van der Waals surface area (Å²) in [6, 6.07) is 5.53. The van der Waals surface area contributed by atoms with Crippen molar-refractivity contribution in [1.82, 2.24) is 30.0 Å². The molecule has 4 aromatic rings. The lowest BCUT2D eigenvalue weighted by molar-refractivity contribution is -0.137. The van der Waals surface area contributed by atoms with E-state index in [1.165, 1.54) is 0 Å². The minimum atomic E-state index is -5.43. The topological polar surface area (TPSA) is 119 Å². The molecule has 0 unspecified atom stereocenters. The summed E-state index contributed by atoms with van der Waals surface area (Å²) in [5.41, 5.74) is -4.70. The van der Waals surface area contributed by atoms with Gasteiger partial charge in [0.25, 0.3) is 5.40 Å². The Morgan fingerprint density at radius 2 is 1.16 bits per heavy atom. The number of hydrogen-bond acceptors (Lipinski definition) is 5. The zero-order valence-electron chi connectivity index (χ0n) is 15.7. The molecule has 0 amide bonds. The molecule has 2 aromatic heterocycles. The highest BCUT2D eigenvalue weighted by molar-refractivity contribution is 7.52. The molecule has 2 N–H and O–H groups in total. The van der Waals surface area contributed by atoms with Crippen molar-refractivity contribution < 1.29 is 40.7 Å². The first-order chi connectivity index (χ1) is 14.7. The highest BCUT2D eigenvalue weighted by atomic mass is 31.2. The summed E-state index contributed by atoms with van der Waals surface area (Å²) >= 11 is 0. The van der Waals surface area contributed by atoms with Crippen LogP contribution in [-0.4, -0.2) is 39.8 Å². The summed E-state index contributed by atoms with van der Waals surface area (Å²) in [6.07, 6.45) is -9.69. The van der Waals surface area contributed by atoms with Crippen LogP contribution in [0.15, 0.2) is 36.4 Å². The highest BCUT2D eigenvalue weighted by Gasteiger charge is 2.51. The number of hydrogen-bond donors (Lipinski definition) is 2. The predicted octanol–water partition coefficient (Wildman–Crippen LogP) is 3.57. The summed E-state index contributed by atoms with van der Waals surface area (Å²) < 4.78 is 93.5. The minimum Gasteiger partial charge on any atom is -0.321 e. The maximum Gasteiger partial charge on any atom is 0.418 e. The van der Waals surface area contributed by atoms with E-state index in [1.54, 1.807) is 0 Å². The molecule has 0 atom stereocenters. The second-order valence-electron chi connectivity index (χ2n) is 6.86. The average molecular weight is 480 g/mol. The minimum absolute atomic E-state index is 0.429. The van der Waals surface area contributed by atoms with Gasteiger partial charge in [0.1, 0.15) is 11.0 Å². The van der Waals surface area contributed by atoms with E-state index in [9.17, 15) is 40.7 Å². The molecule has 0 radical (unpaired) electrons. The Balaban J connectivity index is 2.07. The number of halogens is 6. The van der Waals surface area contributed by atoms with Crippen molar-refractivity contribution in [2.75, 3.05) is 0 Å². The molecule has 0 fully saturated rings. The molecule has 4 rings (SSSR count). The Hall–Kier alpha value is -3.03. The number of alkyl halides is 6. The third-order valence-electron chi connectivity index (χ3n) is 4.92. The molecular weight excluding hydrogens is 469 g/mol. The van der Waals surface area contributed by atoms with Crippen LogP contribution < -0.4 is 0 Å². The normalized spacial score (nSPS) is 13.9. The third kappa shape index (κ3) is 3.15. The Labute approximate surface area is 173 Å². The van der Waals surface area contributed by atoms with Crippen LogP contribution in [0, 0.1) is 0 Å². The van der Waals surface area contributed by atoms with Gasteiger partial charge in [-0.15, -0.1) is 10.2 Å². The van der Waals surface area contributed by atoms with Gasteiger partial charge in [-0.3, -0.25) is 4.57 Å². The molecule has 9 nitrogen and oxygen atoms in total. The fraction of sp³-hybridized carbons (Fsp3) is 0.250. The second-order valence-corrected chi connectivity index (χ2v) is 8.79. The molecule has 0 saturated heterocycles. The van der Waals surface area contributed by atoms with Crippen LogP contribution in [-0.2, 0) is 22.3 Å². The van der Waals surface area contributed by atoms with E-state index < -0.39 is 58.5 Å². The fourth-order valence-corrected chi connectivity index (χ4v) is 4.10. The average Bonchev–Trinajstić information content (AvgIpc) is 3.29. The molecule has 2 heterocycles.